The molecule has 2 saturated heterocycles. The summed E-state index contributed by atoms with van der Waals surface area (Å²) >= 11 is 0. The van der Waals surface area contributed by atoms with Crippen molar-refractivity contribution in [2.45, 2.75) is 38.4 Å². The fraction of sp³-hybridized carbons (Fsp3) is 0.550. The Bertz CT molecular complexity index is 772. The largest absolute Gasteiger partial charge is 0.347 e. The first-order chi connectivity index (χ1) is 13.4. The summed E-state index contributed by atoms with van der Waals surface area (Å²) in [4.78, 5) is 38.7. The van der Waals surface area contributed by atoms with Crippen LogP contribution in [0.5, 0.6) is 0 Å². The zero-order valence-electron chi connectivity index (χ0n) is 16.0. The first-order valence-corrected chi connectivity index (χ1v) is 9.69. The van der Waals surface area contributed by atoms with Gasteiger partial charge in [0.1, 0.15) is 5.41 Å². The van der Waals surface area contributed by atoms with Gasteiger partial charge in [-0.1, -0.05) is 0 Å². The zero-order chi connectivity index (χ0) is 19.8. The standard InChI is InChI=1S/C20H25N3O5/c1-14(24)21-15-2-4-16(5-3-15)22-17(25)19(6-7-19)18(26)23-10-8-20(9-11-23)27-12-13-28-20/h2-5H,6-13H2,1H3,(H,21,24)(H,22,25). The highest BCUT2D eigenvalue weighted by atomic mass is 16.7. The van der Waals surface area contributed by atoms with E-state index in [1.165, 1.54) is 6.92 Å². The topological polar surface area (TPSA) is 97.0 Å². The van der Waals surface area contributed by atoms with E-state index >= 15 is 0 Å². The van der Waals surface area contributed by atoms with Gasteiger partial charge in [0.2, 0.25) is 17.7 Å². The number of piperidine rings is 1. The van der Waals surface area contributed by atoms with Crippen LogP contribution in [0.4, 0.5) is 11.4 Å². The Morgan fingerprint density at radius 2 is 1.43 bits per heavy atom. The Morgan fingerprint density at radius 3 is 1.93 bits per heavy atom. The van der Waals surface area contributed by atoms with Crippen molar-refractivity contribution in [3.05, 3.63) is 24.3 Å². The number of likely N-dealkylation sites (tertiary alicyclic amines) is 1. The molecule has 8 heteroatoms. The van der Waals surface area contributed by atoms with Crippen LogP contribution in [0.25, 0.3) is 0 Å². The molecule has 2 N–H and O–H groups in total. The Balaban J connectivity index is 1.36. The fourth-order valence-electron chi connectivity index (χ4n) is 3.89. The van der Waals surface area contributed by atoms with Gasteiger partial charge < -0.3 is 25.0 Å². The Hall–Kier alpha value is -2.45. The molecule has 1 spiro atoms. The van der Waals surface area contributed by atoms with Gasteiger partial charge in [-0.25, -0.2) is 0 Å². The number of rotatable bonds is 4. The summed E-state index contributed by atoms with van der Waals surface area (Å²) < 4.78 is 11.4. The molecule has 4 rings (SSSR count). The molecule has 3 amide bonds. The van der Waals surface area contributed by atoms with Crippen molar-refractivity contribution < 1.29 is 23.9 Å². The maximum atomic E-state index is 13.0. The molecule has 1 aromatic carbocycles. The van der Waals surface area contributed by atoms with E-state index in [1.54, 1.807) is 29.2 Å². The predicted molar refractivity (Wildman–Crippen MR) is 101 cm³/mol. The molecule has 1 saturated carbocycles. The van der Waals surface area contributed by atoms with Crippen molar-refractivity contribution in [1.82, 2.24) is 4.90 Å². The maximum Gasteiger partial charge on any atom is 0.240 e. The molecule has 8 nitrogen and oxygen atoms in total. The van der Waals surface area contributed by atoms with E-state index in [9.17, 15) is 14.4 Å². The average Bonchev–Trinajstić information content (AvgIpc) is 3.38. The number of hydrogen-bond donors (Lipinski definition) is 2. The van der Waals surface area contributed by atoms with Crippen LogP contribution in [0.3, 0.4) is 0 Å². The lowest BCUT2D eigenvalue weighted by atomic mass is 9.98. The second-order valence-electron chi connectivity index (χ2n) is 7.69. The van der Waals surface area contributed by atoms with Gasteiger partial charge in [0.05, 0.1) is 13.2 Å². The number of amides is 3. The van der Waals surface area contributed by atoms with Crippen molar-refractivity contribution >= 4 is 29.1 Å². The van der Waals surface area contributed by atoms with Gasteiger partial charge in [0.15, 0.2) is 5.79 Å². The number of nitrogens with zero attached hydrogens (tertiary/aromatic N) is 1. The lowest BCUT2D eigenvalue weighted by molar-refractivity contribution is -0.188. The van der Waals surface area contributed by atoms with E-state index in [-0.39, 0.29) is 17.7 Å². The van der Waals surface area contributed by atoms with Crippen LogP contribution in [-0.4, -0.2) is 54.7 Å². The minimum Gasteiger partial charge on any atom is -0.347 e. The quantitative estimate of drug-likeness (QED) is 0.767. The highest BCUT2D eigenvalue weighted by molar-refractivity contribution is 6.13. The molecule has 3 fully saturated rings. The third-order valence-electron chi connectivity index (χ3n) is 5.68. The maximum absolute atomic E-state index is 13.0. The van der Waals surface area contributed by atoms with Crippen molar-refractivity contribution in [3.63, 3.8) is 0 Å². The average molecular weight is 387 g/mol. The van der Waals surface area contributed by atoms with Gasteiger partial charge >= 0.3 is 0 Å². The van der Waals surface area contributed by atoms with Crippen LogP contribution < -0.4 is 10.6 Å². The van der Waals surface area contributed by atoms with E-state index in [0.29, 0.717) is 63.4 Å². The summed E-state index contributed by atoms with van der Waals surface area (Å²) in [5.41, 5.74) is 0.294. The van der Waals surface area contributed by atoms with E-state index < -0.39 is 11.2 Å². The number of carbonyl (C=O) groups is 3. The summed E-state index contributed by atoms with van der Waals surface area (Å²) in [5.74, 6) is -1.06. The lowest BCUT2D eigenvalue weighted by Crippen LogP contribution is -2.51. The van der Waals surface area contributed by atoms with Crippen LogP contribution in [-0.2, 0) is 23.9 Å². The molecular weight excluding hydrogens is 362 g/mol. The summed E-state index contributed by atoms with van der Waals surface area (Å²) in [6.07, 6.45) is 2.41. The predicted octanol–water partition coefficient (Wildman–Crippen LogP) is 1.73. The minimum atomic E-state index is -0.960. The molecule has 1 aliphatic carbocycles. The van der Waals surface area contributed by atoms with Gasteiger partial charge in [0.25, 0.3) is 0 Å². The first kappa shape index (κ1) is 18.9. The second-order valence-corrected chi connectivity index (χ2v) is 7.69. The van der Waals surface area contributed by atoms with E-state index in [1.807, 2.05) is 0 Å². The normalized spacial score (nSPS) is 22.0. The summed E-state index contributed by atoms with van der Waals surface area (Å²) in [6, 6.07) is 6.85. The fourth-order valence-corrected chi connectivity index (χ4v) is 3.89. The lowest BCUT2D eigenvalue weighted by Gasteiger charge is -2.38. The molecule has 1 aromatic rings. The van der Waals surface area contributed by atoms with Crippen molar-refractivity contribution in [3.8, 4) is 0 Å². The van der Waals surface area contributed by atoms with Crippen molar-refractivity contribution in [2.24, 2.45) is 5.41 Å². The van der Waals surface area contributed by atoms with Gasteiger partial charge in [0, 0.05) is 44.2 Å². The van der Waals surface area contributed by atoms with Crippen molar-refractivity contribution in [2.75, 3.05) is 36.9 Å². The number of benzene rings is 1. The molecule has 2 heterocycles. The molecule has 0 radical (unpaired) electrons. The van der Waals surface area contributed by atoms with Crippen molar-refractivity contribution in [1.29, 1.82) is 0 Å². The SMILES string of the molecule is CC(=O)Nc1ccc(NC(=O)C2(C(=O)N3CCC4(CC3)OCCO4)CC2)cc1. The van der Waals surface area contributed by atoms with Crippen LogP contribution in [0, 0.1) is 5.41 Å². The monoisotopic (exact) mass is 387 g/mol. The minimum absolute atomic E-state index is 0.104. The van der Waals surface area contributed by atoms with Gasteiger partial charge in [-0.15, -0.1) is 0 Å². The van der Waals surface area contributed by atoms with Gasteiger partial charge in [-0.2, -0.15) is 0 Å². The summed E-state index contributed by atoms with van der Waals surface area (Å²) in [5, 5.41) is 5.52. The molecular formula is C20H25N3O5. The molecule has 0 aromatic heterocycles. The number of carbonyl (C=O) groups excluding carboxylic acids is 3. The number of nitrogens with one attached hydrogen (secondary N) is 2. The third kappa shape index (κ3) is 3.62. The van der Waals surface area contributed by atoms with E-state index in [0.717, 1.165) is 0 Å². The molecule has 0 unspecified atom stereocenters. The van der Waals surface area contributed by atoms with Crippen LogP contribution in [0.15, 0.2) is 24.3 Å². The summed E-state index contributed by atoms with van der Waals surface area (Å²) in [7, 11) is 0. The molecule has 2 aliphatic heterocycles. The number of ether oxygens (including phenoxy) is 2. The first-order valence-electron chi connectivity index (χ1n) is 9.69. The molecule has 150 valence electrons. The Kier molecular flexibility index (Phi) is 4.84. The Labute approximate surface area is 163 Å². The number of anilines is 2. The van der Waals surface area contributed by atoms with E-state index in [4.69, 9.17) is 9.47 Å². The molecule has 0 bridgehead atoms. The summed E-state index contributed by atoms with van der Waals surface area (Å²) in [6.45, 7) is 3.71. The molecule has 3 aliphatic rings. The van der Waals surface area contributed by atoms with Gasteiger partial charge in [-0.3, -0.25) is 14.4 Å². The van der Waals surface area contributed by atoms with E-state index in [2.05, 4.69) is 10.6 Å². The Morgan fingerprint density at radius 1 is 0.893 bits per heavy atom. The second kappa shape index (κ2) is 7.18. The third-order valence-corrected chi connectivity index (χ3v) is 5.68. The highest BCUT2D eigenvalue weighted by Gasteiger charge is 2.58. The number of hydrogen-bond acceptors (Lipinski definition) is 5. The molecule has 28 heavy (non-hydrogen) atoms. The van der Waals surface area contributed by atoms with Gasteiger partial charge in [-0.05, 0) is 37.1 Å². The van der Waals surface area contributed by atoms with Crippen LogP contribution in [0.1, 0.15) is 32.6 Å². The molecule has 0 atom stereocenters. The smallest absolute Gasteiger partial charge is 0.240 e. The highest BCUT2D eigenvalue weighted by Crippen LogP contribution is 2.49. The zero-order valence-corrected chi connectivity index (χ0v) is 16.0. The van der Waals surface area contributed by atoms with Crippen LogP contribution >= 0.6 is 0 Å². The van der Waals surface area contributed by atoms with Crippen LogP contribution in [0.2, 0.25) is 0 Å².